The molecule has 7 heteroatoms. The van der Waals surface area contributed by atoms with Crippen molar-refractivity contribution in [2.24, 2.45) is 16.1 Å². The van der Waals surface area contributed by atoms with Crippen LogP contribution < -0.4 is 5.73 Å². The molecule has 1 fully saturated rings. The minimum Gasteiger partial charge on any atom is -0.459 e. The second-order valence-corrected chi connectivity index (χ2v) is 7.13. The molecule has 0 aromatic heterocycles. The molecule has 2 N–H and O–H groups in total. The Kier molecular flexibility index (Phi) is 4.02. The average molecular weight is 342 g/mol. The summed E-state index contributed by atoms with van der Waals surface area (Å²) in [5.74, 6) is -4.08. The summed E-state index contributed by atoms with van der Waals surface area (Å²) in [5, 5.41) is 0. The lowest BCUT2D eigenvalue weighted by Gasteiger charge is -2.39. The van der Waals surface area contributed by atoms with E-state index in [1.165, 1.54) is 19.1 Å². The smallest absolute Gasteiger partial charge is 0.310 e. The predicted octanol–water partition coefficient (Wildman–Crippen LogP) is 2.99. The lowest BCUT2D eigenvalue weighted by Crippen LogP contribution is -2.51. The molecule has 0 radical (unpaired) electrons. The zero-order valence-electron chi connectivity index (χ0n) is 13.7. The Bertz CT molecular complexity index is 674. The third-order valence-electron chi connectivity index (χ3n) is 4.92. The molecule has 3 rings (SSSR count). The first kappa shape index (κ1) is 17.1. The lowest BCUT2D eigenvalue weighted by molar-refractivity contribution is -0.117. The highest BCUT2D eigenvalue weighted by Crippen LogP contribution is 2.44. The van der Waals surface area contributed by atoms with Gasteiger partial charge in [0.1, 0.15) is 5.82 Å². The quantitative estimate of drug-likeness (QED) is 0.915. The van der Waals surface area contributed by atoms with E-state index in [1.807, 2.05) is 0 Å². The second-order valence-electron chi connectivity index (χ2n) is 7.13. The molecule has 1 saturated heterocycles. The van der Waals surface area contributed by atoms with Gasteiger partial charge in [0.15, 0.2) is 12.1 Å². The van der Waals surface area contributed by atoms with E-state index in [9.17, 15) is 13.2 Å². The first-order valence-corrected chi connectivity index (χ1v) is 7.88. The van der Waals surface area contributed by atoms with E-state index in [1.54, 1.807) is 6.07 Å². The molecule has 0 saturated carbocycles. The fourth-order valence-corrected chi connectivity index (χ4v) is 3.04. The fraction of sp³-hybridized carbons (Fsp3) is 0.588. The summed E-state index contributed by atoms with van der Waals surface area (Å²) in [6.07, 6.45) is 1.50. The van der Waals surface area contributed by atoms with E-state index in [-0.39, 0.29) is 17.0 Å². The van der Waals surface area contributed by atoms with Crippen LogP contribution in [0.3, 0.4) is 0 Å². The van der Waals surface area contributed by atoms with E-state index < -0.39 is 23.9 Å². The molecule has 1 aromatic rings. The molecule has 1 aromatic carbocycles. The van der Waals surface area contributed by atoms with Crippen molar-refractivity contribution in [3.8, 4) is 0 Å². The summed E-state index contributed by atoms with van der Waals surface area (Å²) < 4.78 is 53.0. The van der Waals surface area contributed by atoms with Gasteiger partial charge in [-0.05, 0) is 31.4 Å². The number of benzene rings is 1. The third-order valence-corrected chi connectivity index (χ3v) is 4.92. The lowest BCUT2D eigenvalue weighted by atomic mass is 9.81. The van der Waals surface area contributed by atoms with Crippen LogP contribution in [0.1, 0.15) is 31.4 Å². The van der Waals surface area contributed by atoms with Crippen molar-refractivity contribution in [1.82, 2.24) is 0 Å². The second kappa shape index (κ2) is 5.65. The number of aryl methyl sites for hydroxylation is 1. The molecule has 0 aliphatic carbocycles. The van der Waals surface area contributed by atoms with Crippen molar-refractivity contribution in [3.05, 3.63) is 35.1 Å². The Hall–Kier alpha value is -1.76. The SMILES string of the molecule is CC1(CCc2ccc(F)c([C@@]3(C)N=C(N)OCC3(F)F)c2)COC1. The highest BCUT2D eigenvalue weighted by Gasteiger charge is 2.56. The first-order valence-electron chi connectivity index (χ1n) is 7.88. The predicted molar refractivity (Wildman–Crippen MR) is 83.5 cm³/mol. The molecule has 2 heterocycles. The van der Waals surface area contributed by atoms with Gasteiger partial charge < -0.3 is 15.2 Å². The third kappa shape index (κ3) is 2.85. The van der Waals surface area contributed by atoms with Crippen molar-refractivity contribution >= 4 is 6.02 Å². The fourth-order valence-electron chi connectivity index (χ4n) is 3.04. The molecule has 132 valence electrons. The van der Waals surface area contributed by atoms with Gasteiger partial charge in [-0.1, -0.05) is 19.1 Å². The van der Waals surface area contributed by atoms with Crippen LogP contribution in [0.5, 0.6) is 0 Å². The molecule has 0 amide bonds. The van der Waals surface area contributed by atoms with Crippen molar-refractivity contribution in [3.63, 3.8) is 0 Å². The monoisotopic (exact) mass is 342 g/mol. The van der Waals surface area contributed by atoms with E-state index in [2.05, 4.69) is 16.7 Å². The number of hydrogen-bond donors (Lipinski definition) is 1. The summed E-state index contributed by atoms with van der Waals surface area (Å²) in [5.41, 5.74) is 4.10. The highest BCUT2D eigenvalue weighted by molar-refractivity contribution is 5.73. The largest absolute Gasteiger partial charge is 0.459 e. The minimum atomic E-state index is -3.36. The van der Waals surface area contributed by atoms with Crippen LogP contribution in [0.2, 0.25) is 0 Å². The van der Waals surface area contributed by atoms with E-state index in [4.69, 9.17) is 10.5 Å². The van der Waals surface area contributed by atoms with Crippen LogP contribution in [-0.2, 0) is 21.4 Å². The Morgan fingerprint density at radius 2 is 1.92 bits per heavy atom. The van der Waals surface area contributed by atoms with Gasteiger partial charge in [0, 0.05) is 11.0 Å². The molecule has 24 heavy (non-hydrogen) atoms. The number of ether oxygens (including phenoxy) is 2. The summed E-state index contributed by atoms with van der Waals surface area (Å²) in [4.78, 5) is 3.74. The first-order chi connectivity index (χ1) is 11.2. The topological polar surface area (TPSA) is 56.8 Å². The average Bonchev–Trinajstić information content (AvgIpc) is 2.49. The zero-order chi connectivity index (χ0) is 17.6. The van der Waals surface area contributed by atoms with Crippen LogP contribution in [0, 0.1) is 11.2 Å². The normalized spacial score (nSPS) is 27.8. The van der Waals surface area contributed by atoms with Gasteiger partial charge in [-0.15, -0.1) is 0 Å². The van der Waals surface area contributed by atoms with Gasteiger partial charge in [-0.25, -0.2) is 9.38 Å². The molecular weight excluding hydrogens is 321 g/mol. The van der Waals surface area contributed by atoms with Crippen LogP contribution in [0.4, 0.5) is 13.2 Å². The van der Waals surface area contributed by atoms with Crippen molar-refractivity contribution < 1.29 is 22.6 Å². The van der Waals surface area contributed by atoms with Gasteiger partial charge in [-0.3, -0.25) is 0 Å². The molecule has 1 atom stereocenters. The molecule has 2 aliphatic heterocycles. The number of rotatable bonds is 4. The van der Waals surface area contributed by atoms with Gasteiger partial charge in [0.05, 0.1) is 13.2 Å². The summed E-state index contributed by atoms with van der Waals surface area (Å²) in [6, 6.07) is 3.95. The maximum Gasteiger partial charge on any atom is 0.310 e. The zero-order valence-corrected chi connectivity index (χ0v) is 13.7. The van der Waals surface area contributed by atoms with E-state index >= 15 is 0 Å². The van der Waals surface area contributed by atoms with Crippen LogP contribution in [0.25, 0.3) is 0 Å². The molecular formula is C17H21F3N2O2. The molecule has 4 nitrogen and oxygen atoms in total. The molecule has 0 unspecified atom stereocenters. The maximum absolute atomic E-state index is 14.4. The highest BCUT2D eigenvalue weighted by atomic mass is 19.3. The van der Waals surface area contributed by atoms with Crippen molar-refractivity contribution in [2.45, 2.75) is 38.2 Å². The summed E-state index contributed by atoms with van der Waals surface area (Å²) in [6.45, 7) is 3.76. The Labute approximate surface area is 138 Å². The summed E-state index contributed by atoms with van der Waals surface area (Å²) in [7, 11) is 0. The number of hydrogen-bond acceptors (Lipinski definition) is 4. The number of nitrogens with two attached hydrogens (primary N) is 1. The van der Waals surface area contributed by atoms with E-state index in [0.29, 0.717) is 19.6 Å². The molecule has 0 bridgehead atoms. The number of nitrogens with zero attached hydrogens (tertiary/aromatic N) is 1. The maximum atomic E-state index is 14.4. The Balaban J connectivity index is 1.92. The van der Waals surface area contributed by atoms with E-state index in [0.717, 1.165) is 12.0 Å². The summed E-state index contributed by atoms with van der Waals surface area (Å²) >= 11 is 0. The van der Waals surface area contributed by atoms with Gasteiger partial charge in [0.25, 0.3) is 6.02 Å². The van der Waals surface area contributed by atoms with Gasteiger partial charge in [-0.2, -0.15) is 8.78 Å². The number of halogens is 3. The van der Waals surface area contributed by atoms with Gasteiger partial charge >= 0.3 is 5.92 Å². The molecule has 0 spiro atoms. The number of aliphatic imine (C=N–C) groups is 1. The van der Waals surface area contributed by atoms with Crippen LogP contribution in [0.15, 0.2) is 23.2 Å². The minimum absolute atomic E-state index is 0.101. The Morgan fingerprint density at radius 1 is 1.21 bits per heavy atom. The van der Waals surface area contributed by atoms with Crippen molar-refractivity contribution in [1.29, 1.82) is 0 Å². The van der Waals surface area contributed by atoms with Crippen LogP contribution >= 0.6 is 0 Å². The molecule has 2 aliphatic rings. The van der Waals surface area contributed by atoms with Crippen LogP contribution in [-0.4, -0.2) is 31.8 Å². The Morgan fingerprint density at radius 3 is 2.54 bits per heavy atom. The number of alkyl halides is 2. The van der Waals surface area contributed by atoms with Gasteiger partial charge in [0.2, 0.25) is 0 Å². The van der Waals surface area contributed by atoms with Crippen molar-refractivity contribution in [2.75, 3.05) is 19.8 Å². The standard InChI is InChI=1S/C17H21F3N2O2/c1-15(8-23-9-15)6-5-11-3-4-13(18)12(7-11)16(2)17(19,20)10-24-14(21)22-16/h3-4,7H,5-6,8-10H2,1-2H3,(H2,21,22)/t16-/m1/s1. The number of amidine groups is 1.